The maximum Gasteiger partial charge on any atom is 0.194 e. The van der Waals surface area contributed by atoms with E-state index in [-0.39, 0.29) is 0 Å². The van der Waals surface area contributed by atoms with Gasteiger partial charge in [-0.2, -0.15) is 5.10 Å². The minimum absolute atomic E-state index is 0.446. The summed E-state index contributed by atoms with van der Waals surface area (Å²) in [4.78, 5) is 15.6. The molecule has 2 aromatic heterocycles. The van der Waals surface area contributed by atoms with Gasteiger partial charge in [-0.05, 0) is 18.4 Å². The molecule has 28 heavy (non-hydrogen) atoms. The van der Waals surface area contributed by atoms with Crippen LogP contribution in [0.2, 0.25) is 0 Å². The van der Waals surface area contributed by atoms with Gasteiger partial charge in [0.25, 0.3) is 0 Å². The van der Waals surface area contributed by atoms with E-state index < -0.39 is 0 Å². The quantitative estimate of drug-likeness (QED) is 0.524. The van der Waals surface area contributed by atoms with Crippen molar-refractivity contribution in [3.05, 3.63) is 66.3 Å². The van der Waals surface area contributed by atoms with Crippen molar-refractivity contribution >= 4 is 5.96 Å². The number of imidazole rings is 1. The van der Waals surface area contributed by atoms with E-state index in [9.17, 15) is 0 Å². The van der Waals surface area contributed by atoms with Crippen molar-refractivity contribution in [2.45, 2.75) is 31.8 Å². The fourth-order valence-electron chi connectivity index (χ4n) is 3.70. The predicted octanol–water partition coefficient (Wildman–Crippen LogP) is 2.00. The van der Waals surface area contributed by atoms with Crippen LogP contribution in [0.5, 0.6) is 0 Å². The lowest BCUT2D eigenvalue weighted by atomic mass is 9.96. The molecule has 1 aromatic carbocycles. The summed E-state index contributed by atoms with van der Waals surface area (Å²) >= 11 is 0. The van der Waals surface area contributed by atoms with Gasteiger partial charge in [0.1, 0.15) is 18.0 Å². The Hall–Kier alpha value is -3.16. The Morgan fingerprint density at radius 1 is 1.21 bits per heavy atom. The molecule has 8 heteroatoms. The van der Waals surface area contributed by atoms with Crippen LogP contribution in [0.1, 0.15) is 36.0 Å². The van der Waals surface area contributed by atoms with Crippen LogP contribution in [-0.4, -0.2) is 55.7 Å². The van der Waals surface area contributed by atoms with Crippen molar-refractivity contribution in [1.82, 2.24) is 34.9 Å². The van der Waals surface area contributed by atoms with Crippen molar-refractivity contribution in [2.75, 3.05) is 20.1 Å². The molecule has 0 bridgehead atoms. The molecule has 1 fully saturated rings. The highest BCUT2D eigenvalue weighted by Gasteiger charge is 2.24. The number of aromatic nitrogens is 5. The number of nitrogens with one attached hydrogen (secondary N) is 2. The standard InChI is InChI=1S/C20H26N8/c1-21-20(27-10-7-17(8-11-27)19-24-15-25-26-19)23-13-18-22-9-12-28(18)14-16-5-3-2-4-6-16/h2-6,9,12,15,17H,7-8,10-11,13-14H2,1H3,(H,21,23)(H,24,25,26). The second-order valence-electron chi connectivity index (χ2n) is 6.99. The predicted molar refractivity (Wildman–Crippen MR) is 108 cm³/mol. The highest BCUT2D eigenvalue weighted by atomic mass is 15.3. The maximum atomic E-state index is 4.52. The number of hydrogen-bond donors (Lipinski definition) is 2. The maximum absolute atomic E-state index is 4.52. The number of aromatic amines is 1. The molecule has 0 aliphatic carbocycles. The van der Waals surface area contributed by atoms with Crippen LogP contribution in [0.15, 0.2) is 54.0 Å². The first-order chi connectivity index (χ1) is 13.8. The minimum Gasteiger partial charge on any atom is -0.349 e. The number of piperidine rings is 1. The van der Waals surface area contributed by atoms with Crippen molar-refractivity contribution in [1.29, 1.82) is 0 Å². The molecular weight excluding hydrogens is 352 g/mol. The number of likely N-dealkylation sites (tertiary alicyclic amines) is 1. The number of guanidine groups is 1. The van der Waals surface area contributed by atoms with Gasteiger partial charge in [-0.3, -0.25) is 10.1 Å². The lowest BCUT2D eigenvalue weighted by Crippen LogP contribution is -2.45. The number of nitrogens with zero attached hydrogens (tertiary/aromatic N) is 6. The summed E-state index contributed by atoms with van der Waals surface area (Å²) in [5.74, 6) is 3.36. The molecule has 0 unspecified atom stereocenters. The molecule has 8 nitrogen and oxygen atoms in total. The smallest absolute Gasteiger partial charge is 0.194 e. The van der Waals surface area contributed by atoms with E-state index in [1.807, 2.05) is 25.5 Å². The summed E-state index contributed by atoms with van der Waals surface area (Å²) in [7, 11) is 1.83. The Labute approximate surface area is 164 Å². The largest absolute Gasteiger partial charge is 0.349 e. The summed E-state index contributed by atoms with van der Waals surface area (Å²) in [5, 5.41) is 10.4. The molecule has 1 aliphatic heterocycles. The van der Waals surface area contributed by atoms with Gasteiger partial charge in [0, 0.05) is 45.0 Å². The summed E-state index contributed by atoms with van der Waals surface area (Å²) in [6, 6.07) is 10.4. The first kappa shape index (κ1) is 18.2. The molecule has 1 saturated heterocycles. The third-order valence-electron chi connectivity index (χ3n) is 5.23. The molecule has 0 amide bonds. The summed E-state index contributed by atoms with van der Waals surface area (Å²) in [6.07, 6.45) is 7.54. The van der Waals surface area contributed by atoms with E-state index >= 15 is 0 Å². The highest BCUT2D eigenvalue weighted by Crippen LogP contribution is 2.24. The fourth-order valence-corrected chi connectivity index (χ4v) is 3.70. The SMILES string of the molecule is CN=C(NCc1nccn1Cc1ccccc1)N1CCC(c2ncn[nH]2)CC1. The first-order valence-corrected chi connectivity index (χ1v) is 9.68. The number of benzene rings is 1. The molecule has 146 valence electrons. The highest BCUT2D eigenvalue weighted by molar-refractivity contribution is 5.79. The molecular formula is C20H26N8. The fraction of sp³-hybridized carbons (Fsp3) is 0.400. The van der Waals surface area contributed by atoms with E-state index in [1.54, 1.807) is 6.33 Å². The third kappa shape index (κ3) is 4.21. The van der Waals surface area contributed by atoms with E-state index in [0.29, 0.717) is 12.5 Å². The second kappa shape index (κ2) is 8.69. The zero-order chi connectivity index (χ0) is 19.2. The second-order valence-corrected chi connectivity index (χ2v) is 6.99. The summed E-state index contributed by atoms with van der Waals surface area (Å²) < 4.78 is 2.17. The van der Waals surface area contributed by atoms with Gasteiger partial charge >= 0.3 is 0 Å². The Balaban J connectivity index is 1.32. The van der Waals surface area contributed by atoms with Gasteiger partial charge in [0.05, 0.1) is 6.54 Å². The van der Waals surface area contributed by atoms with Crippen LogP contribution < -0.4 is 5.32 Å². The lowest BCUT2D eigenvalue weighted by Gasteiger charge is -2.33. The van der Waals surface area contributed by atoms with Gasteiger partial charge in [0.2, 0.25) is 0 Å². The van der Waals surface area contributed by atoms with E-state index in [1.165, 1.54) is 5.56 Å². The molecule has 0 spiro atoms. The Kier molecular flexibility index (Phi) is 5.65. The van der Waals surface area contributed by atoms with Crippen LogP contribution in [0.4, 0.5) is 0 Å². The average molecular weight is 378 g/mol. The zero-order valence-corrected chi connectivity index (χ0v) is 16.1. The number of rotatable bonds is 5. The van der Waals surface area contributed by atoms with Crippen LogP contribution in [0.3, 0.4) is 0 Å². The molecule has 0 saturated carbocycles. The molecule has 0 radical (unpaired) electrons. The van der Waals surface area contributed by atoms with Crippen molar-refractivity contribution < 1.29 is 0 Å². The number of hydrogen-bond acceptors (Lipinski definition) is 4. The summed E-state index contributed by atoms with van der Waals surface area (Å²) in [6.45, 7) is 3.36. The van der Waals surface area contributed by atoms with Gasteiger partial charge in [-0.25, -0.2) is 9.97 Å². The van der Waals surface area contributed by atoms with Crippen molar-refractivity contribution in [2.24, 2.45) is 4.99 Å². The topological polar surface area (TPSA) is 87.0 Å². The Morgan fingerprint density at radius 3 is 2.75 bits per heavy atom. The van der Waals surface area contributed by atoms with E-state index in [0.717, 1.165) is 50.1 Å². The molecule has 1 aliphatic rings. The molecule has 2 N–H and O–H groups in total. The Morgan fingerprint density at radius 2 is 2.04 bits per heavy atom. The molecule has 3 aromatic rings. The first-order valence-electron chi connectivity index (χ1n) is 9.68. The lowest BCUT2D eigenvalue weighted by molar-refractivity contribution is 0.298. The molecule has 0 atom stereocenters. The zero-order valence-electron chi connectivity index (χ0n) is 16.1. The number of aliphatic imine (C=N–C) groups is 1. The van der Waals surface area contributed by atoms with Gasteiger partial charge in [0.15, 0.2) is 5.96 Å². The average Bonchev–Trinajstić information content (AvgIpc) is 3.42. The van der Waals surface area contributed by atoms with Crippen LogP contribution >= 0.6 is 0 Å². The van der Waals surface area contributed by atoms with Gasteiger partial charge < -0.3 is 14.8 Å². The van der Waals surface area contributed by atoms with Crippen LogP contribution in [0.25, 0.3) is 0 Å². The van der Waals surface area contributed by atoms with Crippen molar-refractivity contribution in [3.8, 4) is 0 Å². The van der Waals surface area contributed by atoms with Gasteiger partial charge in [-0.1, -0.05) is 30.3 Å². The van der Waals surface area contributed by atoms with Crippen LogP contribution in [0, 0.1) is 0 Å². The number of H-pyrrole nitrogens is 1. The third-order valence-corrected chi connectivity index (χ3v) is 5.23. The normalized spacial score (nSPS) is 15.8. The molecule has 4 rings (SSSR count). The Bertz CT molecular complexity index is 876. The van der Waals surface area contributed by atoms with E-state index in [2.05, 4.69) is 64.2 Å². The van der Waals surface area contributed by atoms with Gasteiger partial charge in [-0.15, -0.1) is 0 Å². The molecule has 3 heterocycles. The van der Waals surface area contributed by atoms with Crippen LogP contribution in [-0.2, 0) is 13.1 Å². The van der Waals surface area contributed by atoms with E-state index in [4.69, 9.17) is 0 Å². The van der Waals surface area contributed by atoms with Crippen molar-refractivity contribution in [3.63, 3.8) is 0 Å². The minimum atomic E-state index is 0.446. The summed E-state index contributed by atoms with van der Waals surface area (Å²) in [5.41, 5.74) is 1.26. The monoisotopic (exact) mass is 378 g/mol.